The molecule has 0 saturated carbocycles. The van der Waals surface area contributed by atoms with Gasteiger partial charge in [-0.2, -0.15) is 0 Å². The molecule has 2 rings (SSSR count). The van der Waals surface area contributed by atoms with Gasteiger partial charge in [0.1, 0.15) is 5.75 Å². The lowest BCUT2D eigenvalue weighted by atomic mass is 9.99. The molecular formula is C14H20N2O2. The lowest BCUT2D eigenvalue weighted by Crippen LogP contribution is -2.48. The number of amides is 1. The number of methoxy groups -OCH3 is 1. The second-order valence-electron chi connectivity index (χ2n) is 4.77. The van der Waals surface area contributed by atoms with Gasteiger partial charge in [0.25, 0.3) is 0 Å². The zero-order valence-corrected chi connectivity index (χ0v) is 10.9. The predicted octanol–water partition coefficient (Wildman–Crippen LogP) is 1.13. The predicted molar refractivity (Wildman–Crippen MR) is 70.8 cm³/mol. The minimum Gasteiger partial charge on any atom is -0.497 e. The summed E-state index contributed by atoms with van der Waals surface area (Å²) < 4.78 is 5.17. The van der Waals surface area contributed by atoms with E-state index in [9.17, 15) is 4.79 Å². The van der Waals surface area contributed by atoms with Crippen LogP contribution < -0.4 is 15.4 Å². The molecule has 1 heterocycles. The molecule has 0 bridgehead atoms. The molecule has 98 valence electrons. The maximum atomic E-state index is 12.0. The summed E-state index contributed by atoms with van der Waals surface area (Å²) in [6.45, 7) is 4.70. The molecule has 0 spiro atoms. The first kappa shape index (κ1) is 12.9. The Balaban J connectivity index is 1.91. The van der Waals surface area contributed by atoms with Crippen molar-refractivity contribution < 1.29 is 9.53 Å². The van der Waals surface area contributed by atoms with E-state index >= 15 is 0 Å². The summed E-state index contributed by atoms with van der Waals surface area (Å²) in [5.41, 5.74) is 0.985. The van der Waals surface area contributed by atoms with Crippen LogP contribution in [0.25, 0.3) is 0 Å². The van der Waals surface area contributed by atoms with Gasteiger partial charge < -0.3 is 15.4 Å². The maximum Gasteiger partial charge on any atom is 0.227 e. The minimum absolute atomic E-state index is 0.0788. The molecule has 2 N–H and O–H groups in total. The number of hydrogen-bond donors (Lipinski definition) is 2. The molecule has 1 aromatic carbocycles. The van der Waals surface area contributed by atoms with Gasteiger partial charge in [0.05, 0.1) is 13.0 Å². The molecular weight excluding hydrogens is 228 g/mol. The summed E-state index contributed by atoms with van der Waals surface area (Å²) in [5, 5.41) is 6.19. The van der Waals surface area contributed by atoms with Crippen molar-refractivity contribution in [1.29, 1.82) is 0 Å². The summed E-state index contributed by atoms with van der Waals surface area (Å²) in [7, 11) is 1.63. The van der Waals surface area contributed by atoms with E-state index < -0.39 is 0 Å². The molecule has 0 aliphatic carbocycles. The van der Waals surface area contributed by atoms with Crippen LogP contribution in [0, 0.1) is 5.92 Å². The molecule has 1 fully saturated rings. The third-order valence-corrected chi connectivity index (χ3v) is 3.42. The smallest absolute Gasteiger partial charge is 0.227 e. The Morgan fingerprint density at radius 1 is 1.56 bits per heavy atom. The van der Waals surface area contributed by atoms with Crippen molar-refractivity contribution in [3.8, 4) is 5.75 Å². The van der Waals surface area contributed by atoms with E-state index in [0.717, 1.165) is 30.9 Å². The highest BCUT2D eigenvalue weighted by atomic mass is 16.5. The van der Waals surface area contributed by atoms with Crippen LogP contribution in [-0.4, -0.2) is 32.7 Å². The fourth-order valence-electron chi connectivity index (χ4n) is 1.95. The van der Waals surface area contributed by atoms with Crippen LogP contribution in [0.2, 0.25) is 0 Å². The van der Waals surface area contributed by atoms with Crippen molar-refractivity contribution >= 4 is 5.91 Å². The largest absolute Gasteiger partial charge is 0.497 e. The molecule has 4 heteroatoms. The van der Waals surface area contributed by atoms with Gasteiger partial charge in [-0.25, -0.2) is 0 Å². The van der Waals surface area contributed by atoms with E-state index in [0.29, 0.717) is 5.92 Å². The van der Waals surface area contributed by atoms with Gasteiger partial charge >= 0.3 is 0 Å². The van der Waals surface area contributed by atoms with Gasteiger partial charge in [-0.15, -0.1) is 0 Å². The molecule has 1 amide bonds. The highest BCUT2D eigenvalue weighted by Gasteiger charge is 2.20. The Labute approximate surface area is 108 Å². The number of nitrogens with one attached hydrogen (secondary N) is 2. The minimum atomic E-state index is -0.145. The van der Waals surface area contributed by atoms with Crippen LogP contribution in [0.5, 0.6) is 5.75 Å². The van der Waals surface area contributed by atoms with Crippen LogP contribution in [0.4, 0.5) is 0 Å². The summed E-state index contributed by atoms with van der Waals surface area (Å²) in [6, 6.07) is 7.66. The van der Waals surface area contributed by atoms with Crippen LogP contribution in [0.15, 0.2) is 24.3 Å². The van der Waals surface area contributed by atoms with Crippen molar-refractivity contribution in [2.75, 3.05) is 26.7 Å². The third-order valence-electron chi connectivity index (χ3n) is 3.42. The number of hydrogen-bond acceptors (Lipinski definition) is 3. The Hall–Kier alpha value is -1.55. The van der Waals surface area contributed by atoms with Gasteiger partial charge in [-0.1, -0.05) is 12.1 Å². The Kier molecular flexibility index (Phi) is 4.20. The standard InChI is InChI=1S/C14H20N2O2/c1-10(12-4-3-5-13(6-12)18-2)14(17)16-9-11-7-15-8-11/h3-6,10-11,15H,7-9H2,1-2H3,(H,16,17). The van der Waals surface area contributed by atoms with Crippen LogP contribution in [-0.2, 0) is 4.79 Å². The average Bonchev–Trinajstić information content (AvgIpc) is 2.36. The molecule has 0 radical (unpaired) electrons. The van der Waals surface area contributed by atoms with E-state index in [1.807, 2.05) is 31.2 Å². The van der Waals surface area contributed by atoms with E-state index in [-0.39, 0.29) is 11.8 Å². The first-order valence-electron chi connectivity index (χ1n) is 6.33. The number of rotatable bonds is 5. The zero-order chi connectivity index (χ0) is 13.0. The van der Waals surface area contributed by atoms with Crippen molar-refractivity contribution in [1.82, 2.24) is 10.6 Å². The monoisotopic (exact) mass is 248 g/mol. The molecule has 1 unspecified atom stereocenters. The summed E-state index contributed by atoms with van der Waals surface area (Å²) in [6.07, 6.45) is 0. The van der Waals surface area contributed by atoms with Gasteiger partial charge in [-0.3, -0.25) is 4.79 Å². The molecule has 0 aromatic heterocycles. The highest BCUT2D eigenvalue weighted by Crippen LogP contribution is 2.20. The maximum absolute atomic E-state index is 12.0. The summed E-state index contributed by atoms with van der Waals surface area (Å²) >= 11 is 0. The van der Waals surface area contributed by atoms with Crippen molar-refractivity contribution in [3.63, 3.8) is 0 Å². The normalized spacial score (nSPS) is 16.8. The quantitative estimate of drug-likeness (QED) is 0.821. The molecule has 1 saturated heterocycles. The fraction of sp³-hybridized carbons (Fsp3) is 0.500. The Morgan fingerprint density at radius 2 is 2.33 bits per heavy atom. The molecule has 1 aliphatic heterocycles. The second kappa shape index (κ2) is 5.87. The van der Waals surface area contributed by atoms with Gasteiger partial charge in [0, 0.05) is 25.6 Å². The van der Waals surface area contributed by atoms with E-state index in [4.69, 9.17) is 4.74 Å². The Morgan fingerprint density at radius 3 is 2.94 bits per heavy atom. The Bertz CT molecular complexity index is 416. The van der Waals surface area contributed by atoms with Gasteiger partial charge in [-0.05, 0) is 24.6 Å². The highest BCUT2D eigenvalue weighted by molar-refractivity contribution is 5.83. The van der Waals surface area contributed by atoms with Crippen molar-refractivity contribution in [2.24, 2.45) is 5.92 Å². The molecule has 1 aromatic rings. The molecule has 18 heavy (non-hydrogen) atoms. The lowest BCUT2D eigenvalue weighted by molar-refractivity contribution is -0.122. The number of benzene rings is 1. The topological polar surface area (TPSA) is 50.4 Å². The first-order valence-corrected chi connectivity index (χ1v) is 6.33. The van der Waals surface area contributed by atoms with E-state index in [2.05, 4.69) is 10.6 Å². The van der Waals surface area contributed by atoms with Gasteiger partial charge in [0.2, 0.25) is 5.91 Å². The number of ether oxygens (including phenoxy) is 1. The number of carbonyl (C=O) groups excluding carboxylic acids is 1. The molecule has 4 nitrogen and oxygen atoms in total. The fourth-order valence-corrected chi connectivity index (χ4v) is 1.95. The van der Waals surface area contributed by atoms with Crippen molar-refractivity contribution in [2.45, 2.75) is 12.8 Å². The van der Waals surface area contributed by atoms with E-state index in [1.54, 1.807) is 7.11 Å². The average molecular weight is 248 g/mol. The molecule has 1 atom stereocenters. The lowest BCUT2D eigenvalue weighted by Gasteiger charge is -2.27. The molecule has 1 aliphatic rings. The third kappa shape index (κ3) is 3.01. The number of carbonyl (C=O) groups is 1. The van der Waals surface area contributed by atoms with E-state index in [1.165, 1.54) is 0 Å². The summed E-state index contributed by atoms with van der Waals surface area (Å²) in [5.74, 6) is 1.31. The van der Waals surface area contributed by atoms with Crippen LogP contribution in [0.3, 0.4) is 0 Å². The SMILES string of the molecule is COc1cccc(C(C)C(=O)NCC2CNC2)c1. The zero-order valence-electron chi connectivity index (χ0n) is 10.9. The first-order chi connectivity index (χ1) is 8.70. The van der Waals surface area contributed by atoms with Crippen LogP contribution in [0.1, 0.15) is 18.4 Å². The van der Waals surface area contributed by atoms with Crippen molar-refractivity contribution in [3.05, 3.63) is 29.8 Å². The van der Waals surface area contributed by atoms with Gasteiger partial charge in [0.15, 0.2) is 0 Å². The summed E-state index contributed by atoms with van der Waals surface area (Å²) in [4.78, 5) is 12.0. The second-order valence-corrected chi connectivity index (χ2v) is 4.77. The van der Waals surface area contributed by atoms with Crippen LogP contribution >= 0.6 is 0 Å².